The van der Waals surface area contributed by atoms with Gasteiger partial charge in [-0.15, -0.1) is 0 Å². The van der Waals surface area contributed by atoms with Crippen molar-refractivity contribution in [2.24, 2.45) is 5.92 Å². The molecule has 0 aromatic carbocycles. The summed E-state index contributed by atoms with van der Waals surface area (Å²) >= 11 is 0. The van der Waals surface area contributed by atoms with Crippen LogP contribution in [0.25, 0.3) is 0 Å². The summed E-state index contributed by atoms with van der Waals surface area (Å²) in [5, 5.41) is 0. The fourth-order valence-electron chi connectivity index (χ4n) is 4.51. The Morgan fingerprint density at radius 2 is 0.593 bits per heavy atom. The number of hydrogen-bond acceptors (Lipinski definition) is 0. The molecule has 0 heterocycles. The summed E-state index contributed by atoms with van der Waals surface area (Å²) < 4.78 is 0. The zero-order valence-corrected chi connectivity index (χ0v) is 19.8. The first-order chi connectivity index (χ1) is 13.3. The van der Waals surface area contributed by atoms with E-state index in [0.717, 1.165) is 5.92 Å². The van der Waals surface area contributed by atoms with Gasteiger partial charge in [-0.3, -0.25) is 0 Å². The molecule has 0 spiro atoms. The van der Waals surface area contributed by atoms with Crippen molar-refractivity contribution in [2.45, 2.75) is 168 Å². The Hall–Kier alpha value is 0. The van der Waals surface area contributed by atoms with Gasteiger partial charge in [0.05, 0.1) is 0 Å². The molecule has 0 aliphatic heterocycles. The number of rotatable bonds is 23. The standard InChI is InChI=1S/C27H56/c1-4-7-9-11-12-13-14-15-16-17-18-19-21-23-26-27(24-6-3)25-22-20-10-8-5-2/h27H,4-26H2,1-3H3. The van der Waals surface area contributed by atoms with E-state index in [1.807, 2.05) is 0 Å². The molecule has 1 unspecified atom stereocenters. The van der Waals surface area contributed by atoms with Gasteiger partial charge in [-0.25, -0.2) is 0 Å². The minimum Gasteiger partial charge on any atom is -0.0654 e. The summed E-state index contributed by atoms with van der Waals surface area (Å²) in [5.41, 5.74) is 0. The van der Waals surface area contributed by atoms with Gasteiger partial charge in [0, 0.05) is 0 Å². The van der Waals surface area contributed by atoms with E-state index in [2.05, 4.69) is 20.8 Å². The van der Waals surface area contributed by atoms with E-state index in [0.29, 0.717) is 0 Å². The molecule has 27 heavy (non-hydrogen) atoms. The fraction of sp³-hybridized carbons (Fsp3) is 1.00. The van der Waals surface area contributed by atoms with Gasteiger partial charge in [-0.1, -0.05) is 168 Å². The first-order valence-corrected chi connectivity index (χ1v) is 13.3. The average Bonchev–Trinajstić information content (AvgIpc) is 2.68. The van der Waals surface area contributed by atoms with Crippen molar-refractivity contribution in [1.29, 1.82) is 0 Å². The Kier molecular flexibility index (Phi) is 24.0. The lowest BCUT2D eigenvalue weighted by molar-refractivity contribution is 0.377. The monoisotopic (exact) mass is 380 g/mol. The molecule has 0 saturated carbocycles. The summed E-state index contributed by atoms with van der Waals surface area (Å²) in [7, 11) is 0. The van der Waals surface area contributed by atoms with Gasteiger partial charge < -0.3 is 0 Å². The number of hydrogen-bond donors (Lipinski definition) is 0. The molecular formula is C27H56. The Morgan fingerprint density at radius 1 is 0.296 bits per heavy atom. The molecule has 0 N–H and O–H groups in total. The Labute approximate surface area is 174 Å². The average molecular weight is 381 g/mol. The lowest BCUT2D eigenvalue weighted by atomic mass is 9.90. The van der Waals surface area contributed by atoms with Crippen LogP contribution in [0.15, 0.2) is 0 Å². The summed E-state index contributed by atoms with van der Waals surface area (Å²) in [6, 6.07) is 0. The van der Waals surface area contributed by atoms with E-state index in [-0.39, 0.29) is 0 Å². The van der Waals surface area contributed by atoms with Gasteiger partial charge in [0.1, 0.15) is 0 Å². The fourth-order valence-corrected chi connectivity index (χ4v) is 4.51. The zero-order chi connectivity index (χ0) is 19.8. The van der Waals surface area contributed by atoms with Crippen molar-refractivity contribution in [1.82, 2.24) is 0 Å². The van der Waals surface area contributed by atoms with Gasteiger partial charge in [0.2, 0.25) is 0 Å². The molecular weight excluding hydrogens is 324 g/mol. The Morgan fingerprint density at radius 3 is 0.889 bits per heavy atom. The largest absolute Gasteiger partial charge is 0.0654 e. The maximum absolute atomic E-state index is 2.37. The molecule has 0 nitrogen and oxygen atoms in total. The van der Waals surface area contributed by atoms with Gasteiger partial charge in [0.25, 0.3) is 0 Å². The molecule has 0 aromatic rings. The molecule has 1 atom stereocenters. The van der Waals surface area contributed by atoms with Crippen LogP contribution in [-0.4, -0.2) is 0 Å². The van der Waals surface area contributed by atoms with Crippen LogP contribution in [0.4, 0.5) is 0 Å². The highest BCUT2D eigenvalue weighted by molar-refractivity contribution is 4.60. The molecule has 0 rings (SSSR count). The maximum Gasteiger partial charge on any atom is -0.0414 e. The Balaban J connectivity index is 3.32. The normalized spacial score (nSPS) is 12.6. The van der Waals surface area contributed by atoms with E-state index in [9.17, 15) is 0 Å². The van der Waals surface area contributed by atoms with E-state index in [1.54, 1.807) is 0 Å². The first kappa shape index (κ1) is 27.0. The van der Waals surface area contributed by atoms with E-state index >= 15 is 0 Å². The molecule has 164 valence electrons. The summed E-state index contributed by atoms with van der Waals surface area (Å²) in [6.07, 6.45) is 33.8. The molecule has 0 aliphatic carbocycles. The highest BCUT2D eigenvalue weighted by Gasteiger charge is 2.07. The quantitative estimate of drug-likeness (QED) is 0.155. The molecule has 0 amide bonds. The van der Waals surface area contributed by atoms with Crippen LogP contribution < -0.4 is 0 Å². The summed E-state index contributed by atoms with van der Waals surface area (Å²) in [4.78, 5) is 0. The van der Waals surface area contributed by atoms with Crippen molar-refractivity contribution < 1.29 is 0 Å². The van der Waals surface area contributed by atoms with E-state index in [4.69, 9.17) is 0 Å². The van der Waals surface area contributed by atoms with Gasteiger partial charge in [-0.2, -0.15) is 0 Å². The minimum absolute atomic E-state index is 1.04. The molecule has 0 heteroatoms. The molecule has 0 fully saturated rings. The predicted octanol–water partition coefficient (Wildman–Crippen LogP) is 10.6. The van der Waals surface area contributed by atoms with Crippen LogP contribution in [0, 0.1) is 5.92 Å². The predicted molar refractivity (Wildman–Crippen MR) is 127 cm³/mol. The first-order valence-electron chi connectivity index (χ1n) is 13.3. The second-order valence-electron chi connectivity index (χ2n) is 9.24. The molecule has 0 aromatic heterocycles. The van der Waals surface area contributed by atoms with Crippen molar-refractivity contribution in [3.8, 4) is 0 Å². The van der Waals surface area contributed by atoms with Crippen molar-refractivity contribution in [3.05, 3.63) is 0 Å². The zero-order valence-electron chi connectivity index (χ0n) is 19.8. The van der Waals surface area contributed by atoms with E-state index < -0.39 is 0 Å². The van der Waals surface area contributed by atoms with Crippen LogP contribution in [0.2, 0.25) is 0 Å². The lowest BCUT2D eigenvalue weighted by Gasteiger charge is -2.16. The second kappa shape index (κ2) is 24.0. The van der Waals surface area contributed by atoms with Crippen LogP contribution in [0.5, 0.6) is 0 Å². The molecule has 0 saturated heterocycles. The van der Waals surface area contributed by atoms with Crippen molar-refractivity contribution in [2.75, 3.05) is 0 Å². The van der Waals surface area contributed by atoms with Gasteiger partial charge in [0.15, 0.2) is 0 Å². The molecule has 0 aliphatic rings. The topological polar surface area (TPSA) is 0 Å². The molecule has 0 bridgehead atoms. The highest BCUT2D eigenvalue weighted by atomic mass is 14.1. The van der Waals surface area contributed by atoms with Gasteiger partial charge in [-0.05, 0) is 5.92 Å². The molecule has 0 radical (unpaired) electrons. The minimum atomic E-state index is 1.04. The smallest absolute Gasteiger partial charge is 0.0414 e. The van der Waals surface area contributed by atoms with Crippen LogP contribution in [0.1, 0.15) is 168 Å². The maximum atomic E-state index is 2.37. The van der Waals surface area contributed by atoms with Crippen molar-refractivity contribution in [3.63, 3.8) is 0 Å². The van der Waals surface area contributed by atoms with Gasteiger partial charge >= 0.3 is 0 Å². The summed E-state index contributed by atoms with van der Waals surface area (Å²) in [5.74, 6) is 1.04. The third-order valence-corrected chi connectivity index (χ3v) is 6.38. The second-order valence-corrected chi connectivity index (χ2v) is 9.24. The van der Waals surface area contributed by atoms with Crippen LogP contribution in [0.3, 0.4) is 0 Å². The third kappa shape index (κ3) is 22.2. The SMILES string of the molecule is CCCCCCCCCCCCCCCCC(CCC)CCCCCCC. The van der Waals surface area contributed by atoms with Crippen molar-refractivity contribution >= 4 is 0 Å². The summed E-state index contributed by atoms with van der Waals surface area (Å²) in [6.45, 7) is 6.99. The lowest BCUT2D eigenvalue weighted by Crippen LogP contribution is -2.00. The highest BCUT2D eigenvalue weighted by Crippen LogP contribution is 2.23. The van der Waals surface area contributed by atoms with Crippen LogP contribution in [-0.2, 0) is 0 Å². The number of unbranched alkanes of at least 4 members (excludes halogenated alkanes) is 17. The Bertz CT molecular complexity index is 244. The van der Waals surface area contributed by atoms with E-state index in [1.165, 1.54) is 148 Å². The van der Waals surface area contributed by atoms with Crippen LogP contribution >= 0.6 is 0 Å². The third-order valence-electron chi connectivity index (χ3n) is 6.38.